The number of para-hydroxylation sites is 1. The van der Waals surface area contributed by atoms with Gasteiger partial charge in [-0.2, -0.15) is 0 Å². The molecule has 100 valence electrons. The standard InChI is InChI=1S/C15H24N2S/c1-3-5-12-16-15(18)17(13-6-4-2)14-10-8-7-9-11-14/h7-11H,3-6,12-13H2,1-2H3,(H,16,18). The van der Waals surface area contributed by atoms with Gasteiger partial charge in [-0.25, -0.2) is 0 Å². The minimum absolute atomic E-state index is 0.850. The number of thiocarbonyl (C=S) groups is 1. The lowest BCUT2D eigenvalue weighted by Gasteiger charge is -2.26. The lowest BCUT2D eigenvalue weighted by Crippen LogP contribution is -2.40. The van der Waals surface area contributed by atoms with E-state index >= 15 is 0 Å². The Morgan fingerprint density at radius 3 is 2.39 bits per heavy atom. The zero-order valence-electron chi connectivity index (χ0n) is 11.5. The summed E-state index contributed by atoms with van der Waals surface area (Å²) in [6.45, 7) is 6.34. The summed E-state index contributed by atoms with van der Waals surface area (Å²) in [4.78, 5) is 2.20. The molecule has 0 heterocycles. The molecule has 0 aliphatic rings. The van der Waals surface area contributed by atoms with Crippen molar-refractivity contribution in [3.63, 3.8) is 0 Å². The first-order valence-electron chi connectivity index (χ1n) is 6.90. The summed E-state index contributed by atoms with van der Waals surface area (Å²) in [5, 5.41) is 4.20. The van der Waals surface area contributed by atoms with Crippen LogP contribution in [0.15, 0.2) is 30.3 Å². The van der Waals surface area contributed by atoms with Crippen LogP contribution in [0.3, 0.4) is 0 Å². The summed E-state index contributed by atoms with van der Waals surface area (Å²) in [6, 6.07) is 10.4. The first-order chi connectivity index (χ1) is 8.79. The maximum atomic E-state index is 5.50. The van der Waals surface area contributed by atoms with Crippen LogP contribution < -0.4 is 10.2 Å². The van der Waals surface area contributed by atoms with Crippen LogP contribution in [0.25, 0.3) is 0 Å². The van der Waals surface area contributed by atoms with Crippen molar-refractivity contribution in [2.75, 3.05) is 18.0 Å². The highest BCUT2D eigenvalue weighted by Gasteiger charge is 2.10. The van der Waals surface area contributed by atoms with Gasteiger partial charge in [0.1, 0.15) is 0 Å². The zero-order chi connectivity index (χ0) is 13.2. The van der Waals surface area contributed by atoms with Crippen LogP contribution in [0.2, 0.25) is 0 Å². The predicted octanol–water partition coefficient (Wildman–Crippen LogP) is 3.97. The van der Waals surface area contributed by atoms with Gasteiger partial charge in [0.25, 0.3) is 0 Å². The van der Waals surface area contributed by atoms with Crippen LogP contribution in [0, 0.1) is 0 Å². The first kappa shape index (κ1) is 15.0. The molecule has 18 heavy (non-hydrogen) atoms. The minimum Gasteiger partial charge on any atom is -0.362 e. The summed E-state index contributed by atoms with van der Waals surface area (Å²) >= 11 is 5.50. The van der Waals surface area contributed by atoms with Crippen molar-refractivity contribution in [1.82, 2.24) is 5.32 Å². The second-order valence-electron chi connectivity index (χ2n) is 4.43. The number of nitrogens with zero attached hydrogens (tertiary/aromatic N) is 1. The van der Waals surface area contributed by atoms with Crippen LogP contribution in [-0.2, 0) is 0 Å². The second-order valence-corrected chi connectivity index (χ2v) is 4.81. The Hall–Kier alpha value is -1.09. The van der Waals surface area contributed by atoms with E-state index in [0.29, 0.717) is 0 Å². The van der Waals surface area contributed by atoms with Gasteiger partial charge in [0.15, 0.2) is 5.11 Å². The Labute approximate surface area is 116 Å². The van der Waals surface area contributed by atoms with Gasteiger partial charge < -0.3 is 10.2 Å². The van der Waals surface area contributed by atoms with Crippen LogP contribution in [0.1, 0.15) is 39.5 Å². The number of unbranched alkanes of at least 4 members (excludes halogenated alkanes) is 2. The fraction of sp³-hybridized carbons (Fsp3) is 0.533. The second kappa shape index (κ2) is 8.92. The largest absolute Gasteiger partial charge is 0.362 e. The zero-order valence-corrected chi connectivity index (χ0v) is 12.3. The summed E-state index contributed by atoms with van der Waals surface area (Å²) in [6.07, 6.45) is 4.69. The van der Waals surface area contributed by atoms with Crippen LogP contribution >= 0.6 is 12.2 Å². The molecule has 0 unspecified atom stereocenters. The highest BCUT2D eigenvalue weighted by molar-refractivity contribution is 7.80. The molecule has 0 aliphatic carbocycles. The third-order valence-electron chi connectivity index (χ3n) is 2.85. The average molecular weight is 264 g/mol. The Bertz CT molecular complexity index is 338. The lowest BCUT2D eigenvalue weighted by molar-refractivity contribution is 0.738. The van der Waals surface area contributed by atoms with Crippen molar-refractivity contribution in [3.8, 4) is 0 Å². The summed E-state index contributed by atoms with van der Waals surface area (Å²) in [7, 11) is 0. The van der Waals surface area contributed by atoms with E-state index in [1.54, 1.807) is 0 Å². The van der Waals surface area contributed by atoms with Crippen molar-refractivity contribution < 1.29 is 0 Å². The fourth-order valence-corrected chi connectivity index (χ4v) is 2.04. The van der Waals surface area contributed by atoms with Gasteiger partial charge in [0.2, 0.25) is 0 Å². The Morgan fingerprint density at radius 2 is 1.78 bits per heavy atom. The van der Waals surface area contributed by atoms with E-state index < -0.39 is 0 Å². The van der Waals surface area contributed by atoms with Gasteiger partial charge in [-0.1, -0.05) is 44.9 Å². The van der Waals surface area contributed by atoms with Crippen molar-refractivity contribution in [3.05, 3.63) is 30.3 Å². The molecule has 0 aliphatic heterocycles. The van der Waals surface area contributed by atoms with Crippen LogP contribution in [0.4, 0.5) is 5.69 Å². The summed E-state index contributed by atoms with van der Waals surface area (Å²) in [5.41, 5.74) is 1.18. The monoisotopic (exact) mass is 264 g/mol. The number of hydrogen-bond donors (Lipinski definition) is 1. The molecule has 0 saturated carbocycles. The van der Waals surface area contributed by atoms with Crippen LogP contribution in [0.5, 0.6) is 0 Å². The van der Waals surface area contributed by atoms with E-state index in [1.165, 1.54) is 18.5 Å². The van der Waals surface area contributed by atoms with E-state index in [2.05, 4.69) is 48.3 Å². The highest BCUT2D eigenvalue weighted by atomic mass is 32.1. The molecule has 0 amide bonds. The van der Waals surface area contributed by atoms with Gasteiger partial charge in [-0.15, -0.1) is 0 Å². The maximum Gasteiger partial charge on any atom is 0.173 e. The molecule has 0 radical (unpaired) electrons. The fourth-order valence-electron chi connectivity index (χ4n) is 1.74. The van der Waals surface area contributed by atoms with E-state index in [-0.39, 0.29) is 0 Å². The molecule has 3 heteroatoms. The molecular formula is C15H24N2S. The lowest BCUT2D eigenvalue weighted by atomic mass is 10.2. The van der Waals surface area contributed by atoms with Crippen molar-refractivity contribution in [1.29, 1.82) is 0 Å². The van der Waals surface area contributed by atoms with E-state index in [1.807, 2.05) is 6.07 Å². The van der Waals surface area contributed by atoms with Crippen molar-refractivity contribution in [2.24, 2.45) is 0 Å². The number of benzene rings is 1. The molecular weight excluding hydrogens is 240 g/mol. The van der Waals surface area contributed by atoms with Gasteiger partial charge in [0.05, 0.1) is 0 Å². The number of rotatable bonds is 7. The molecule has 1 aromatic rings. The van der Waals surface area contributed by atoms with Crippen molar-refractivity contribution in [2.45, 2.75) is 39.5 Å². The molecule has 0 atom stereocenters. The van der Waals surface area contributed by atoms with Crippen molar-refractivity contribution >= 4 is 23.0 Å². The third-order valence-corrected chi connectivity index (χ3v) is 3.22. The SMILES string of the molecule is CCCCNC(=S)N(CCCC)c1ccccc1. The van der Waals surface area contributed by atoms with Gasteiger partial charge >= 0.3 is 0 Å². The normalized spacial score (nSPS) is 10.1. The maximum absolute atomic E-state index is 5.50. The molecule has 2 nitrogen and oxygen atoms in total. The number of nitrogens with one attached hydrogen (secondary N) is 1. The molecule has 0 bridgehead atoms. The van der Waals surface area contributed by atoms with E-state index in [0.717, 1.165) is 31.0 Å². The Morgan fingerprint density at radius 1 is 1.11 bits per heavy atom. The molecule has 0 aromatic heterocycles. The molecule has 0 fully saturated rings. The summed E-state index contributed by atoms with van der Waals surface area (Å²) < 4.78 is 0. The molecule has 0 spiro atoms. The first-order valence-corrected chi connectivity index (χ1v) is 7.30. The molecule has 1 rings (SSSR count). The van der Waals surface area contributed by atoms with E-state index in [9.17, 15) is 0 Å². The van der Waals surface area contributed by atoms with Crippen LogP contribution in [-0.4, -0.2) is 18.2 Å². The van der Waals surface area contributed by atoms with Gasteiger partial charge in [-0.05, 0) is 37.2 Å². The van der Waals surface area contributed by atoms with E-state index in [4.69, 9.17) is 12.2 Å². The molecule has 1 N–H and O–H groups in total. The third kappa shape index (κ3) is 5.05. The number of hydrogen-bond acceptors (Lipinski definition) is 1. The molecule has 1 aromatic carbocycles. The predicted molar refractivity (Wildman–Crippen MR) is 84.2 cm³/mol. The molecule has 0 saturated heterocycles. The smallest absolute Gasteiger partial charge is 0.173 e. The van der Waals surface area contributed by atoms with Gasteiger partial charge in [0, 0.05) is 18.8 Å². The minimum atomic E-state index is 0.850. The van der Waals surface area contributed by atoms with Gasteiger partial charge in [-0.3, -0.25) is 0 Å². The number of anilines is 1. The quantitative estimate of drug-likeness (QED) is 0.592. The topological polar surface area (TPSA) is 15.3 Å². The summed E-state index contributed by atoms with van der Waals surface area (Å²) in [5.74, 6) is 0. The highest BCUT2D eigenvalue weighted by Crippen LogP contribution is 2.14. The Kier molecular flexibility index (Phi) is 7.42. The average Bonchev–Trinajstić information content (AvgIpc) is 2.41. The Balaban J connectivity index is 2.63.